The number of rotatable bonds is 4. The Morgan fingerprint density at radius 2 is 2.21 bits per heavy atom. The van der Waals surface area contributed by atoms with Gasteiger partial charge in [0.15, 0.2) is 0 Å². The van der Waals surface area contributed by atoms with E-state index in [4.69, 9.17) is 29.6 Å². The van der Waals surface area contributed by atoms with Crippen molar-refractivity contribution in [3.8, 4) is 0 Å². The van der Waals surface area contributed by atoms with Gasteiger partial charge in [0.1, 0.15) is 4.99 Å². The first-order valence-corrected chi connectivity index (χ1v) is 6.66. The summed E-state index contributed by atoms with van der Waals surface area (Å²) in [4.78, 5) is 0.307. The number of thiocarbonyl (C=S) groups is 1. The number of halogens is 1. The van der Waals surface area contributed by atoms with Crippen molar-refractivity contribution in [3.63, 3.8) is 0 Å². The molecule has 0 spiro atoms. The molecule has 0 saturated carbocycles. The number of hydrogen-bond donors (Lipinski definition) is 2. The number of nitrogens with zero attached hydrogens (tertiary/aromatic N) is 2. The first kappa shape index (κ1) is 13.8. The molecular weight excluding hydrogens is 280 g/mol. The summed E-state index contributed by atoms with van der Waals surface area (Å²) in [5, 5.41) is 8.12. The molecule has 0 bridgehead atoms. The van der Waals surface area contributed by atoms with E-state index in [0.717, 1.165) is 16.9 Å². The lowest BCUT2D eigenvalue weighted by Crippen LogP contribution is -2.11. The van der Waals surface area contributed by atoms with Gasteiger partial charge in [-0.25, -0.2) is 0 Å². The van der Waals surface area contributed by atoms with E-state index in [2.05, 4.69) is 24.3 Å². The molecule has 2 aromatic rings. The van der Waals surface area contributed by atoms with Gasteiger partial charge in [0.2, 0.25) is 0 Å². The highest BCUT2D eigenvalue weighted by Crippen LogP contribution is 2.24. The maximum absolute atomic E-state index is 5.95. The van der Waals surface area contributed by atoms with Crippen LogP contribution in [-0.2, 0) is 0 Å². The third-order valence-electron chi connectivity index (χ3n) is 2.66. The second kappa shape index (κ2) is 5.59. The van der Waals surface area contributed by atoms with Crippen LogP contribution < -0.4 is 11.1 Å². The monoisotopic (exact) mass is 294 g/mol. The summed E-state index contributed by atoms with van der Waals surface area (Å²) in [6.45, 7) is 4.14. The van der Waals surface area contributed by atoms with Crippen molar-refractivity contribution >= 4 is 40.2 Å². The topological polar surface area (TPSA) is 55.9 Å². The van der Waals surface area contributed by atoms with E-state index in [0.29, 0.717) is 16.1 Å². The molecule has 1 aromatic carbocycles. The van der Waals surface area contributed by atoms with Gasteiger partial charge in [-0.2, -0.15) is 5.10 Å². The lowest BCUT2D eigenvalue weighted by molar-refractivity contribution is 0.532. The lowest BCUT2D eigenvalue weighted by atomic mass is 10.1. The van der Waals surface area contributed by atoms with Gasteiger partial charge in [-0.3, -0.25) is 4.68 Å². The third-order valence-corrected chi connectivity index (χ3v) is 3.11. The molecule has 0 aliphatic rings. The molecule has 0 amide bonds. The maximum atomic E-state index is 5.95. The Balaban J connectivity index is 2.29. The van der Waals surface area contributed by atoms with Gasteiger partial charge in [0.05, 0.1) is 11.9 Å². The summed E-state index contributed by atoms with van der Waals surface area (Å²) in [7, 11) is 0. The van der Waals surface area contributed by atoms with Crippen molar-refractivity contribution in [2.45, 2.75) is 19.9 Å². The Hall–Kier alpha value is -1.59. The van der Waals surface area contributed by atoms with E-state index < -0.39 is 0 Å². The largest absolute Gasteiger partial charge is 0.389 e. The van der Waals surface area contributed by atoms with E-state index in [1.807, 2.05) is 16.9 Å². The molecule has 0 unspecified atom stereocenters. The number of aromatic nitrogens is 2. The molecule has 0 aliphatic heterocycles. The molecule has 1 aromatic heterocycles. The quantitative estimate of drug-likeness (QED) is 0.848. The predicted octanol–water partition coefficient (Wildman–Crippen LogP) is 3.50. The van der Waals surface area contributed by atoms with Crippen LogP contribution in [0.15, 0.2) is 30.6 Å². The summed E-state index contributed by atoms with van der Waals surface area (Å²) in [6, 6.07) is 5.71. The molecule has 0 saturated heterocycles. The molecule has 0 atom stereocenters. The third kappa shape index (κ3) is 3.24. The molecule has 6 heteroatoms. The maximum Gasteiger partial charge on any atom is 0.106 e. The smallest absolute Gasteiger partial charge is 0.106 e. The van der Waals surface area contributed by atoms with Crippen molar-refractivity contribution in [2.24, 2.45) is 5.73 Å². The van der Waals surface area contributed by atoms with Crippen molar-refractivity contribution in [1.29, 1.82) is 0 Å². The second-order valence-corrected chi connectivity index (χ2v) is 5.36. The van der Waals surface area contributed by atoms with Gasteiger partial charge in [0, 0.05) is 28.5 Å². The molecule has 100 valence electrons. The standard InChI is InChI=1S/C13H15ClN4S/c1-8(2)18-7-10(6-16-18)17-12-4-3-9(14)5-11(12)13(15)19/h3-8,17H,1-2H3,(H2,15,19). The Bertz CT molecular complexity index is 606. The highest BCUT2D eigenvalue weighted by molar-refractivity contribution is 7.80. The Kier molecular flexibility index (Phi) is 4.07. The van der Waals surface area contributed by atoms with Gasteiger partial charge in [-0.1, -0.05) is 23.8 Å². The van der Waals surface area contributed by atoms with Crippen LogP contribution >= 0.6 is 23.8 Å². The van der Waals surface area contributed by atoms with Crippen LogP contribution in [0.5, 0.6) is 0 Å². The minimum Gasteiger partial charge on any atom is -0.389 e. The Morgan fingerprint density at radius 1 is 1.47 bits per heavy atom. The van der Waals surface area contributed by atoms with Gasteiger partial charge >= 0.3 is 0 Å². The van der Waals surface area contributed by atoms with E-state index in [1.54, 1.807) is 18.3 Å². The van der Waals surface area contributed by atoms with Crippen LogP contribution in [-0.4, -0.2) is 14.8 Å². The highest BCUT2D eigenvalue weighted by Gasteiger charge is 2.08. The Labute approximate surface area is 122 Å². The first-order chi connectivity index (χ1) is 8.97. The minimum atomic E-state index is 0.307. The Morgan fingerprint density at radius 3 is 2.79 bits per heavy atom. The fourth-order valence-electron chi connectivity index (χ4n) is 1.67. The molecule has 0 aliphatic carbocycles. The van der Waals surface area contributed by atoms with E-state index >= 15 is 0 Å². The van der Waals surface area contributed by atoms with Crippen LogP contribution in [0.2, 0.25) is 5.02 Å². The minimum absolute atomic E-state index is 0.307. The second-order valence-electron chi connectivity index (χ2n) is 4.48. The van der Waals surface area contributed by atoms with Crippen LogP contribution in [0.4, 0.5) is 11.4 Å². The summed E-state index contributed by atoms with van der Waals surface area (Å²) in [5.74, 6) is 0. The van der Waals surface area contributed by atoms with Gasteiger partial charge < -0.3 is 11.1 Å². The van der Waals surface area contributed by atoms with Crippen molar-refractivity contribution in [2.75, 3.05) is 5.32 Å². The highest BCUT2D eigenvalue weighted by atomic mass is 35.5. The molecule has 3 N–H and O–H groups in total. The van der Waals surface area contributed by atoms with Crippen LogP contribution in [0.25, 0.3) is 0 Å². The molecule has 4 nitrogen and oxygen atoms in total. The molecule has 0 fully saturated rings. The molecule has 19 heavy (non-hydrogen) atoms. The molecular formula is C13H15ClN4S. The SMILES string of the molecule is CC(C)n1cc(Nc2ccc(Cl)cc2C(N)=S)cn1. The number of nitrogens with one attached hydrogen (secondary N) is 1. The zero-order valence-electron chi connectivity index (χ0n) is 10.7. The number of benzene rings is 1. The molecule has 2 rings (SSSR count). The summed E-state index contributed by atoms with van der Waals surface area (Å²) in [6.07, 6.45) is 3.70. The van der Waals surface area contributed by atoms with Gasteiger partial charge in [0.25, 0.3) is 0 Å². The van der Waals surface area contributed by atoms with Crippen molar-refractivity contribution < 1.29 is 0 Å². The fraction of sp³-hybridized carbons (Fsp3) is 0.231. The van der Waals surface area contributed by atoms with Crippen molar-refractivity contribution in [1.82, 2.24) is 9.78 Å². The van der Waals surface area contributed by atoms with Crippen LogP contribution in [0.1, 0.15) is 25.5 Å². The van der Waals surface area contributed by atoms with Gasteiger partial charge in [-0.05, 0) is 32.0 Å². The van der Waals surface area contributed by atoms with Crippen LogP contribution in [0, 0.1) is 0 Å². The first-order valence-electron chi connectivity index (χ1n) is 5.88. The number of anilines is 2. The lowest BCUT2D eigenvalue weighted by Gasteiger charge is -2.10. The number of hydrogen-bond acceptors (Lipinski definition) is 3. The normalized spacial score (nSPS) is 10.7. The average molecular weight is 295 g/mol. The van der Waals surface area contributed by atoms with E-state index in [9.17, 15) is 0 Å². The van der Waals surface area contributed by atoms with E-state index in [-0.39, 0.29) is 0 Å². The average Bonchev–Trinajstić information content (AvgIpc) is 2.80. The fourth-order valence-corrected chi connectivity index (χ4v) is 2.01. The van der Waals surface area contributed by atoms with Crippen LogP contribution in [0.3, 0.4) is 0 Å². The number of nitrogens with two attached hydrogens (primary N) is 1. The summed E-state index contributed by atoms with van der Waals surface area (Å²) in [5.41, 5.74) is 8.13. The summed E-state index contributed by atoms with van der Waals surface area (Å²) < 4.78 is 1.87. The predicted molar refractivity (Wildman–Crippen MR) is 83.2 cm³/mol. The summed E-state index contributed by atoms with van der Waals surface area (Å²) >= 11 is 11.0. The van der Waals surface area contributed by atoms with E-state index in [1.165, 1.54) is 0 Å². The van der Waals surface area contributed by atoms with Gasteiger partial charge in [-0.15, -0.1) is 0 Å². The zero-order chi connectivity index (χ0) is 14.0. The molecule has 0 radical (unpaired) electrons. The molecule has 1 heterocycles. The zero-order valence-corrected chi connectivity index (χ0v) is 12.3. The van der Waals surface area contributed by atoms with Crippen molar-refractivity contribution in [3.05, 3.63) is 41.2 Å².